The minimum atomic E-state index is -0.0810. The van der Waals surface area contributed by atoms with Gasteiger partial charge in [-0.2, -0.15) is 0 Å². The average molecular weight is 228 g/mol. The molecule has 0 saturated carbocycles. The zero-order chi connectivity index (χ0) is 10.7. The highest BCUT2D eigenvalue weighted by Crippen LogP contribution is 2.14. The maximum atomic E-state index is 11.6. The summed E-state index contributed by atoms with van der Waals surface area (Å²) in [4.78, 5) is 19.3. The van der Waals surface area contributed by atoms with Crippen LogP contribution in [0, 0.1) is 5.92 Å². The van der Waals surface area contributed by atoms with Crippen molar-refractivity contribution in [1.82, 2.24) is 9.97 Å². The van der Waals surface area contributed by atoms with Crippen LogP contribution < -0.4 is 5.32 Å². The van der Waals surface area contributed by atoms with Crippen molar-refractivity contribution in [3.05, 3.63) is 17.5 Å². The number of hydrogen-bond donors (Lipinski definition) is 1. The molecule has 0 radical (unpaired) electrons. The molecule has 0 bridgehead atoms. The Hall–Kier alpha value is -1.20. The first-order valence-electron chi connectivity index (χ1n) is 4.62. The zero-order valence-electron chi connectivity index (χ0n) is 7.94. The summed E-state index contributed by atoms with van der Waals surface area (Å²) in [6, 6.07) is 0. The van der Waals surface area contributed by atoms with Crippen molar-refractivity contribution in [2.45, 2.75) is 6.42 Å². The molecule has 6 heteroatoms. The summed E-state index contributed by atoms with van der Waals surface area (Å²) < 4.78 is 5.12. The van der Waals surface area contributed by atoms with Gasteiger partial charge < -0.3 is 10.1 Å². The van der Waals surface area contributed by atoms with Gasteiger partial charge in [0.05, 0.1) is 24.9 Å². The van der Waals surface area contributed by atoms with Gasteiger partial charge in [0.15, 0.2) is 5.82 Å². The van der Waals surface area contributed by atoms with Crippen molar-refractivity contribution in [2.24, 2.45) is 5.92 Å². The molecule has 1 N–H and O–H groups in total. The largest absolute Gasteiger partial charge is 0.381 e. The van der Waals surface area contributed by atoms with Crippen molar-refractivity contribution in [3.8, 4) is 0 Å². The molecule has 1 aliphatic rings. The third-order valence-corrected chi connectivity index (χ3v) is 2.37. The summed E-state index contributed by atoms with van der Waals surface area (Å²) in [7, 11) is 0. The van der Waals surface area contributed by atoms with Crippen LogP contribution in [0.3, 0.4) is 0 Å². The van der Waals surface area contributed by atoms with Gasteiger partial charge in [-0.05, 0) is 6.42 Å². The molecular weight excluding hydrogens is 218 g/mol. The number of anilines is 1. The number of ether oxygens (including phenoxy) is 1. The lowest BCUT2D eigenvalue weighted by Gasteiger charge is -2.07. The van der Waals surface area contributed by atoms with Crippen molar-refractivity contribution in [1.29, 1.82) is 0 Å². The third-order valence-electron chi connectivity index (χ3n) is 2.17. The standard InChI is InChI=1S/C9H10ClN3O2/c10-7-3-12-8(4-11-7)13-9(14)6-1-2-15-5-6/h3-4,6H,1-2,5H2,(H,12,13,14). The number of carbonyl (C=O) groups excluding carboxylic acids is 1. The minimum Gasteiger partial charge on any atom is -0.381 e. The second-order valence-corrected chi connectivity index (χ2v) is 3.66. The summed E-state index contributed by atoms with van der Waals surface area (Å²) in [5, 5.41) is 2.96. The molecular formula is C9H10ClN3O2. The Bertz CT molecular complexity index is 349. The van der Waals surface area contributed by atoms with Crippen LogP contribution in [0.2, 0.25) is 5.15 Å². The maximum Gasteiger partial charge on any atom is 0.231 e. The summed E-state index contributed by atoms with van der Waals surface area (Å²) in [5.41, 5.74) is 0. The normalized spacial score (nSPS) is 20.2. The number of nitrogens with one attached hydrogen (secondary N) is 1. The molecule has 2 heterocycles. The molecule has 5 nitrogen and oxygen atoms in total. The van der Waals surface area contributed by atoms with E-state index < -0.39 is 0 Å². The first-order chi connectivity index (χ1) is 7.25. The molecule has 15 heavy (non-hydrogen) atoms. The molecule has 1 aromatic rings. The molecule has 1 aliphatic heterocycles. The molecule has 0 spiro atoms. The number of halogens is 1. The molecule has 1 unspecified atom stereocenters. The summed E-state index contributed by atoms with van der Waals surface area (Å²) >= 11 is 5.57. The lowest BCUT2D eigenvalue weighted by atomic mass is 10.1. The van der Waals surface area contributed by atoms with Gasteiger partial charge >= 0.3 is 0 Å². The SMILES string of the molecule is O=C(Nc1cnc(Cl)cn1)C1CCOC1. The molecule has 80 valence electrons. The van der Waals surface area contributed by atoms with E-state index in [0.717, 1.165) is 6.42 Å². The van der Waals surface area contributed by atoms with E-state index >= 15 is 0 Å². The number of rotatable bonds is 2. The van der Waals surface area contributed by atoms with Gasteiger partial charge in [0, 0.05) is 6.61 Å². The second-order valence-electron chi connectivity index (χ2n) is 3.27. The van der Waals surface area contributed by atoms with Gasteiger partial charge in [0.1, 0.15) is 5.15 Å². The van der Waals surface area contributed by atoms with E-state index in [0.29, 0.717) is 24.2 Å². The Morgan fingerprint density at radius 2 is 2.40 bits per heavy atom. The van der Waals surface area contributed by atoms with E-state index in [1.165, 1.54) is 12.4 Å². The molecule has 2 rings (SSSR count). The number of amides is 1. The molecule has 1 atom stereocenters. The van der Waals surface area contributed by atoms with E-state index in [4.69, 9.17) is 16.3 Å². The van der Waals surface area contributed by atoms with E-state index in [1.807, 2.05) is 0 Å². The topological polar surface area (TPSA) is 64.1 Å². The van der Waals surface area contributed by atoms with Crippen LogP contribution in [0.1, 0.15) is 6.42 Å². The first kappa shape index (κ1) is 10.3. The quantitative estimate of drug-likeness (QED) is 0.822. The fourth-order valence-electron chi connectivity index (χ4n) is 1.35. The van der Waals surface area contributed by atoms with Gasteiger partial charge in [0.25, 0.3) is 0 Å². The summed E-state index contributed by atoms with van der Waals surface area (Å²) in [5.74, 6) is 0.253. The number of aromatic nitrogens is 2. The predicted octanol–water partition coefficient (Wildman–Crippen LogP) is 1.10. The lowest BCUT2D eigenvalue weighted by Crippen LogP contribution is -2.23. The van der Waals surface area contributed by atoms with Crippen molar-refractivity contribution >= 4 is 23.3 Å². The van der Waals surface area contributed by atoms with Crippen molar-refractivity contribution < 1.29 is 9.53 Å². The molecule has 1 aromatic heterocycles. The lowest BCUT2D eigenvalue weighted by molar-refractivity contribution is -0.119. The number of hydrogen-bond acceptors (Lipinski definition) is 4. The van der Waals surface area contributed by atoms with Gasteiger partial charge in [-0.15, -0.1) is 0 Å². The average Bonchev–Trinajstić information content (AvgIpc) is 2.74. The van der Waals surface area contributed by atoms with Crippen LogP contribution >= 0.6 is 11.6 Å². The highest BCUT2D eigenvalue weighted by atomic mass is 35.5. The van der Waals surface area contributed by atoms with Crippen LogP contribution in [0.4, 0.5) is 5.82 Å². The minimum absolute atomic E-state index is 0.0795. The molecule has 0 aromatic carbocycles. The molecule has 0 aliphatic carbocycles. The van der Waals surface area contributed by atoms with Crippen LogP contribution in [0.25, 0.3) is 0 Å². The van der Waals surface area contributed by atoms with Gasteiger partial charge in [-0.25, -0.2) is 9.97 Å². The fraction of sp³-hybridized carbons (Fsp3) is 0.444. The van der Waals surface area contributed by atoms with E-state index in [9.17, 15) is 4.79 Å². The Morgan fingerprint density at radius 3 is 3.00 bits per heavy atom. The second kappa shape index (κ2) is 4.55. The van der Waals surface area contributed by atoms with E-state index in [-0.39, 0.29) is 11.8 Å². The highest BCUT2D eigenvalue weighted by molar-refractivity contribution is 6.29. The fourth-order valence-corrected chi connectivity index (χ4v) is 1.44. The monoisotopic (exact) mass is 227 g/mol. The maximum absolute atomic E-state index is 11.6. The van der Waals surface area contributed by atoms with Gasteiger partial charge in [-0.3, -0.25) is 4.79 Å². The summed E-state index contributed by atoms with van der Waals surface area (Å²) in [6.45, 7) is 1.12. The van der Waals surface area contributed by atoms with Crippen LogP contribution in [0.15, 0.2) is 12.4 Å². The number of carbonyl (C=O) groups is 1. The molecule has 1 saturated heterocycles. The third kappa shape index (κ3) is 2.64. The molecule has 1 fully saturated rings. The van der Waals surface area contributed by atoms with Crippen molar-refractivity contribution in [2.75, 3.05) is 18.5 Å². The Labute approximate surface area is 91.8 Å². The Balaban J connectivity index is 1.96. The van der Waals surface area contributed by atoms with Crippen LogP contribution in [-0.2, 0) is 9.53 Å². The predicted molar refractivity (Wildman–Crippen MR) is 54.6 cm³/mol. The highest BCUT2D eigenvalue weighted by Gasteiger charge is 2.23. The van der Waals surface area contributed by atoms with Gasteiger partial charge in [0.2, 0.25) is 5.91 Å². The first-order valence-corrected chi connectivity index (χ1v) is 4.99. The van der Waals surface area contributed by atoms with Crippen LogP contribution in [0.5, 0.6) is 0 Å². The Kier molecular flexibility index (Phi) is 3.13. The van der Waals surface area contributed by atoms with Crippen molar-refractivity contribution in [3.63, 3.8) is 0 Å². The Morgan fingerprint density at radius 1 is 1.53 bits per heavy atom. The summed E-state index contributed by atoms with van der Waals surface area (Å²) in [6.07, 6.45) is 3.57. The molecule has 1 amide bonds. The van der Waals surface area contributed by atoms with E-state index in [1.54, 1.807) is 0 Å². The van der Waals surface area contributed by atoms with E-state index in [2.05, 4.69) is 15.3 Å². The smallest absolute Gasteiger partial charge is 0.231 e. The zero-order valence-corrected chi connectivity index (χ0v) is 8.70. The van der Waals surface area contributed by atoms with Gasteiger partial charge in [-0.1, -0.05) is 11.6 Å². The number of nitrogens with zero attached hydrogens (tertiary/aromatic N) is 2. The van der Waals surface area contributed by atoms with Crippen LogP contribution in [-0.4, -0.2) is 29.1 Å².